The average Bonchev–Trinajstić information content (AvgIpc) is 3.18. The summed E-state index contributed by atoms with van der Waals surface area (Å²) in [5.41, 5.74) is -0.272. The van der Waals surface area contributed by atoms with Crippen molar-refractivity contribution in [2.24, 2.45) is 17.8 Å². The van der Waals surface area contributed by atoms with Crippen LogP contribution >= 0.6 is 0 Å². The molecule has 0 saturated carbocycles. The van der Waals surface area contributed by atoms with Crippen LogP contribution in [0.5, 0.6) is 0 Å². The number of hydrogen-bond acceptors (Lipinski definition) is 3. The van der Waals surface area contributed by atoms with Gasteiger partial charge in [0, 0.05) is 13.1 Å². The molecule has 2 bridgehead atoms. The van der Waals surface area contributed by atoms with Gasteiger partial charge in [0.1, 0.15) is 5.60 Å². The highest BCUT2D eigenvalue weighted by atomic mass is 16.5. The van der Waals surface area contributed by atoms with Gasteiger partial charge in [0.15, 0.2) is 0 Å². The van der Waals surface area contributed by atoms with Gasteiger partial charge in [-0.3, -0.25) is 9.59 Å². The average molecular weight is 368 g/mol. The summed E-state index contributed by atoms with van der Waals surface area (Å²) in [5, 5.41) is 3.04. The summed E-state index contributed by atoms with van der Waals surface area (Å²) in [7, 11) is 0. The van der Waals surface area contributed by atoms with Crippen LogP contribution in [0.3, 0.4) is 0 Å². The first-order chi connectivity index (χ1) is 12.8. The van der Waals surface area contributed by atoms with Gasteiger partial charge in [0.25, 0.3) is 0 Å². The number of ether oxygens (including phenoxy) is 1. The Morgan fingerprint density at radius 1 is 1.30 bits per heavy atom. The van der Waals surface area contributed by atoms with Crippen molar-refractivity contribution in [3.05, 3.63) is 48.0 Å². The molecule has 5 heteroatoms. The molecular formula is C22H28N2O3. The first-order valence-electron chi connectivity index (χ1n) is 9.86. The fourth-order valence-electron chi connectivity index (χ4n) is 4.78. The number of amides is 2. The largest absolute Gasteiger partial charge is 0.357 e. The summed E-state index contributed by atoms with van der Waals surface area (Å²) in [6.45, 7) is 7.88. The normalized spacial score (nSPS) is 33.8. The topological polar surface area (TPSA) is 58.6 Å². The molecule has 3 aliphatic heterocycles. The molecule has 4 atom stereocenters. The number of benzene rings is 1. The zero-order valence-electron chi connectivity index (χ0n) is 16.3. The quantitative estimate of drug-likeness (QED) is 0.785. The van der Waals surface area contributed by atoms with Crippen molar-refractivity contribution in [3.63, 3.8) is 0 Å². The van der Waals surface area contributed by atoms with Crippen LogP contribution in [0.15, 0.2) is 42.5 Å². The number of hydrogen-bond donors (Lipinski definition) is 1. The third kappa shape index (κ3) is 2.98. The van der Waals surface area contributed by atoms with Crippen molar-refractivity contribution in [2.75, 3.05) is 13.1 Å². The molecule has 2 fully saturated rings. The minimum Gasteiger partial charge on any atom is -0.357 e. The number of rotatable bonds is 6. The molecule has 2 amide bonds. The Bertz CT molecular complexity index is 775. The lowest BCUT2D eigenvalue weighted by Crippen LogP contribution is -2.48. The molecule has 0 aliphatic carbocycles. The van der Waals surface area contributed by atoms with E-state index in [2.05, 4.69) is 19.2 Å². The van der Waals surface area contributed by atoms with Crippen LogP contribution in [0.4, 0.5) is 0 Å². The van der Waals surface area contributed by atoms with E-state index in [0.717, 1.165) is 12.0 Å². The second kappa shape index (κ2) is 6.48. The standard InChI is InChI=1S/C22H28N2O3/c1-15(2)9-12-23-19(25)17-18-20(26)24(13-16-7-5-4-6-8-16)14-22(18)11-10-21(17,3)27-22/h4-8,10-11,15,17-18H,9,12-14H2,1-3H3,(H,23,25)/t17-,18-,21-,22+/m1/s1. The summed E-state index contributed by atoms with van der Waals surface area (Å²) in [6.07, 6.45) is 4.92. The van der Waals surface area contributed by atoms with E-state index in [-0.39, 0.29) is 11.8 Å². The lowest BCUT2D eigenvalue weighted by Gasteiger charge is -2.29. The fraction of sp³-hybridized carbons (Fsp3) is 0.545. The van der Waals surface area contributed by atoms with E-state index in [1.165, 1.54) is 0 Å². The van der Waals surface area contributed by atoms with Crippen LogP contribution in [-0.4, -0.2) is 41.0 Å². The number of nitrogens with zero attached hydrogens (tertiary/aromatic N) is 1. The lowest BCUT2D eigenvalue weighted by molar-refractivity contribution is -0.139. The Morgan fingerprint density at radius 2 is 2.04 bits per heavy atom. The summed E-state index contributed by atoms with van der Waals surface area (Å²) in [5.74, 6) is -0.420. The Morgan fingerprint density at radius 3 is 2.74 bits per heavy atom. The number of carbonyl (C=O) groups excluding carboxylic acids is 2. The summed E-state index contributed by atoms with van der Waals surface area (Å²) in [4.78, 5) is 28.1. The predicted octanol–water partition coefficient (Wildman–Crippen LogP) is 2.52. The number of fused-ring (bicyclic) bond motifs is 1. The van der Waals surface area contributed by atoms with Gasteiger partial charge in [0.05, 0.1) is 24.0 Å². The molecule has 3 heterocycles. The minimum atomic E-state index is -0.693. The lowest BCUT2D eigenvalue weighted by atomic mass is 9.72. The van der Waals surface area contributed by atoms with Gasteiger partial charge in [-0.15, -0.1) is 0 Å². The maximum Gasteiger partial charge on any atom is 0.230 e. The maximum atomic E-state index is 13.2. The Balaban J connectivity index is 1.54. The Labute approximate surface area is 160 Å². The van der Waals surface area contributed by atoms with Crippen molar-refractivity contribution in [3.8, 4) is 0 Å². The summed E-state index contributed by atoms with van der Waals surface area (Å²) < 4.78 is 6.34. The van der Waals surface area contributed by atoms with Crippen molar-refractivity contribution in [2.45, 2.75) is 44.9 Å². The second-order valence-electron chi connectivity index (χ2n) is 8.68. The van der Waals surface area contributed by atoms with Crippen LogP contribution in [0.2, 0.25) is 0 Å². The van der Waals surface area contributed by atoms with Gasteiger partial charge >= 0.3 is 0 Å². The highest BCUT2D eigenvalue weighted by molar-refractivity contribution is 5.93. The molecule has 144 valence electrons. The number of carbonyl (C=O) groups is 2. The van der Waals surface area contributed by atoms with Crippen LogP contribution in [0.25, 0.3) is 0 Å². The van der Waals surface area contributed by atoms with Gasteiger partial charge in [-0.1, -0.05) is 56.3 Å². The summed E-state index contributed by atoms with van der Waals surface area (Å²) in [6, 6.07) is 9.95. The fourth-order valence-corrected chi connectivity index (χ4v) is 4.78. The molecule has 1 spiro atoms. The summed E-state index contributed by atoms with van der Waals surface area (Å²) >= 11 is 0. The SMILES string of the molecule is CC(C)CCNC(=O)[C@H]1[C@@H]2C(=O)N(Cc3ccccc3)C[C@@]23C=C[C@@]1(C)O3. The van der Waals surface area contributed by atoms with Crippen LogP contribution in [-0.2, 0) is 20.9 Å². The molecule has 5 nitrogen and oxygen atoms in total. The third-order valence-electron chi connectivity index (χ3n) is 6.12. The molecule has 0 unspecified atom stereocenters. The highest BCUT2D eigenvalue weighted by Gasteiger charge is 2.70. The zero-order chi connectivity index (χ0) is 19.2. The van der Waals surface area contributed by atoms with Gasteiger partial charge < -0.3 is 15.0 Å². The second-order valence-corrected chi connectivity index (χ2v) is 8.68. The van der Waals surface area contributed by atoms with Crippen molar-refractivity contribution in [1.29, 1.82) is 0 Å². The molecule has 2 saturated heterocycles. The van der Waals surface area contributed by atoms with E-state index in [4.69, 9.17) is 4.74 Å². The Kier molecular flexibility index (Phi) is 4.38. The molecule has 3 aliphatic rings. The maximum absolute atomic E-state index is 13.2. The molecule has 4 rings (SSSR count). The molecule has 1 N–H and O–H groups in total. The van der Waals surface area contributed by atoms with E-state index in [1.807, 2.05) is 54.3 Å². The van der Waals surface area contributed by atoms with E-state index in [0.29, 0.717) is 25.6 Å². The van der Waals surface area contributed by atoms with Crippen molar-refractivity contribution in [1.82, 2.24) is 10.2 Å². The zero-order valence-corrected chi connectivity index (χ0v) is 16.3. The van der Waals surface area contributed by atoms with Gasteiger partial charge in [-0.25, -0.2) is 0 Å². The van der Waals surface area contributed by atoms with E-state index < -0.39 is 23.0 Å². The van der Waals surface area contributed by atoms with Crippen LogP contribution in [0.1, 0.15) is 32.8 Å². The first-order valence-corrected chi connectivity index (χ1v) is 9.86. The van der Waals surface area contributed by atoms with Gasteiger partial charge in [0.2, 0.25) is 11.8 Å². The number of likely N-dealkylation sites (tertiary alicyclic amines) is 1. The first kappa shape index (κ1) is 18.2. The molecule has 1 aromatic rings. The van der Waals surface area contributed by atoms with Crippen LogP contribution in [0, 0.1) is 17.8 Å². The highest BCUT2D eigenvalue weighted by Crippen LogP contribution is 2.57. The van der Waals surface area contributed by atoms with E-state index >= 15 is 0 Å². The van der Waals surface area contributed by atoms with E-state index in [1.54, 1.807) is 0 Å². The molecule has 1 aromatic carbocycles. The minimum absolute atomic E-state index is 0.0240. The molecule has 0 aromatic heterocycles. The van der Waals surface area contributed by atoms with Gasteiger partial charge in [-0.05, 0) is 24.8 Å². The third-order valence-corrected chi connectivity index (χ3v) is 6.12. The smallest absolute Gasteiger partial charge is 0.230 e. The van der Waals surface area contributed by atoms with Crippen molar-refractivity contribution >= 4 is 11.8 Å². The molecule has 27 heavy (non-hydrogen) atoms. The number of nitrogens with one attached hydrogen (secondary N) is 1. The predicted molar refractivity (Wildman–Crippen MR) is 103 cm³/mol. The monoisotopic (exact) mass is 368 g/mol. The molecule has 0 radical (unpaired) electrons. The van der Waals surface area contributed by atoms with E-state index in [9.17, 15) is 9.59 Å². The van der Waals surface area contributed by atoms with Gasteiger partial charge in [-0.2, -0.15) is 0 Å². The Hall–Kier alpha value is -2.14. The molecular weight excluding hydrogens is 340 g/mol. The van der Waals surface area contributed by atoms with Crippen molar-refractivity contribution < 1.29 is 14.3 Å². The van der Waals surface area contributed by atoms with Crippen LogP contribution < -0.4 is 5.32 Å².